The zero-order chi connectivity index (χ0) is 18.6. The lowest BCUT2D eigenvalue weighted by molar-refractivity contribution is 0.184. The summed E-state index contributed by atoms with van der Waals surface area (Å²) in [5, 5.41) is 0. The summed E-state index contributed by atoms with van der Waals surface area (Å²) in [4.78, 5) is 0. The van der Waals surface area contributed by atoms with Gasteiger partial charge in [0, 0.05) is 13.2 Å². The zero-order valence-corrected chi connectivity index (χ0v) is 16.3. The zero-order valence-electron chi connectivity index (χ0n) is 16.3. The second kappa shape index (κ2) is 8.45. The number of fused-ring (bicyclic) bond motifs is 1. The van der Waals surface area contributed by atoms with Crippen LogP contribution < -0.4 is 10.5 Å². The highest BCUT2D eigenvalue weighted by atomic mass is 16.5. The molecule has 0 saturated heterocycles. The molecule has 2 N–H and O–H groups in total. The lowest BCUT2D eigenvalue weighted by Crippen LogP contribution is -2.21. The summed E-state index contributed by atoms with van der Waals surface area (Å²) < 4.78 is 11.3. The van der Waals surface area contributed by atoms with E-state index in [1.807, 2.05) is 12.1 Å². The molecule has 0 amide bonds. The Morgan fingerprint density at radius 1 is 1.04 bits per heavy atom. The Morgan fingerprint density at radius 3 is 2.78 bits per heavy atom. The van der Waals surface area contributed by atoms with Gasteiger partial charge in [0.05, 0.1) is 13.2 Å². The number of nitrogens with two attached hydrogens (primary N) is 1. The van der Waals surface area contributed by atoms with Gasteiger partial charge in [0.2, 0.25) is 0 Å². The van der Waals surface area contributed by atoms with E-state index >= 15 is 0 Å². The number of benzene rings is 2. The summed E-state index contributed by atoms with van der Waals surface area (Å²) in [6, 6.07) is 15.8. The minimum Gasteiger partial charge on any atom is -0.493 e. The largest absolute Gasteiger partial charge is 0.493 e. The summed E-state index contributed by atoms with van der Waals surface area (Å²) in [6.45, 7) is 1.41. The Balaban J connectivity index is 1.35. The van der Waals surface area contributed by atoms with Crippen molar-refractivity contribution in [1.29, 1.82) is 0 Å². The monoisotopic (exact) mass is 365 g/mol. The molecule has 0 heterocycles. The normalized spacial score (nSPS) is 24.6. The van der Waals surface area contributed by atoms with Crippen LogP contribution in [-0.2, 0) is 24.2 Å². The minimum atomic E-state index is 0.398. The van der Waals surface area contributed by atoms with Crippen molar-refractivity contribution < 1.29 is 9.47 Å². The molecule has 0 spiro atoms. The Kier molecular flexibility index (Phi) is 5.80. The highest BCUT2D eigenvalue weighted by Gasteiger charge is 2.25. The fourth-order valence-electron chi connectivity index (χ4n) is 4.67. The quantitative estimate of drug-likeness (QED) is 0.813. The molecule has 4 rings (SSSR count). The first-order chi connectivity index (χ1) is 13.2. The third-order valence-electron chi connectivity index (χ3n) is 6.20. The van der Waals surface area contributed by atoms with Crippen molar-refractivity contribution in [3.8, 4) is 5.75 Å². The van der Waals surface area contributed by atoms with Crippen LogP contribution in [-0.4, -0.2) is 19.8 Å². The van der Waals surface area contributed by atoms with E-state index in [1.54, 1.807) is 12.7 Å². The van der Waals surface area contributed by atoms with Crippen LogP contribution in [0, 0.1) is 5.92 Å². The van der Waals surface area contributed by atoms with Crippen molar-refractivity contribution in [3.05, 3.63) is 64.7 Å². The molecular weight excluding hydrogens is 334 g/mol. The fourth-order valence-corrected chi connectivity index (χ4v) is 4.67. The number of methoxy groups -OCH3 is 1. The number of hydrogen-bond donors (Lipinski definition) is 1. The van der Waals surface area contributed by atoms with Gasteiger partial charge >= 0.3 is 0 Å². The number of hydrogen-bond acceptors (Lipinski definition) is 3. The summed E-state index contributed by atoms with van der Waals surface area (Å²) in [6.07, 6.45) is 7.07. The molecule has 0 aromatic heterocycles. The molecule has 0 aliphatic heterocycles. The van der Waals surface area contributed by atoms with Crippen molar-refractivity contribution in [2.75, 3.05) is 13.7 Å². The number of rotatable bonds is 6. The van der Waals surface area contributed by atoms with Gasteiger partial charge in [-0.05, 0) is 84.7 Å². The first kappa shape index (κ1) is 18.5. The van der Waals surface area contributed by atoms with Crippen molar-refractivity contribution in [1.82, 2.24) is 0 Å². The van der Waals surface area contributed by atoms with Gasteiger partial charge in [-0.3, -0.25) is 0 Å². The topological polar surface area (TPSA) is 44.5 Å². The first-order valence-corrected chi connectivity index (χ1v) is 10.3. The van der Waals surface area contributed by atoms with E-state index in [0.717, 1.165) is 30.8 Å². The van der Waals surface area contributed by atoms with Gasteiger partial charge < -0.3 is 15.2 Å². The molecule has 2 aromatic rings. The SMILES string of the molecule is COCc1cccc(OCC2CCc3cc(C4CCC(N)C4)ccc3C2)c1. The van der Waals surface area contributed by atoms with E-state index in [9.17, 15) is 0 Å². The maximum Gasteiger partial charge on any atom is 0.119 e. The van der Waals surface area contributed by atoms with E-state index in [4.69, 9.17) is 15.2 Å². The predicted molar refractivity (Wildman–Crippen MR) is 109 cm³/mol. The average Bonchev–Trinajstić information content (AvgIpc) is 3.13. The van der Waals surface area contributed by atoms with Crippen LogP contribution in [0.3, 0.4) is 0 Å². The van der Waals surface area contributed by atoms with E-state index in [2.05, 4.69) is 30.3 Å². The molecule has 3 nitrogen and oxygen atoms in total. The van der Waals surface area contributed by atoms with Crippen LogP contribution in [0.1, 0.15) is 53.9 Å². The summed E-state index contributed by atoms with van der Waals surface area (Å²) in [5.41, 5.74) is 11.8. The Morgan fingerprint density at radius 2 is 1.96 bits per heavy atom. The molecule has 3 unspecified atom stereocenters. The van der Waals surface area contributed by atoms with Gasteiger partial charge in [0.25, 0.3) is 0 Å². The van der Waals surface area contributed by atoms with Gasteiger partial charge in [-0.15, -0.1) is 0 Å². The standard InChI is InChI=1S/C24H31NO2/c1-26-15-17-3-2-4-24(12-17)27-16-18-5-6-20-13-21(8-7-19(20)11-18)22-9-10-23(25)14-22/h2-4,7-8,12-13,18,22-23H,5-6,9-11,14-16,25H2,1H3. The number of ether oxygens (including phenoxy) is 2. The third-order valence-corrected chi connectivity index (χ3v) is 6.20. The molecule has 27 heavy (non-hydrogen) atoms. The smallest absolute Gasteiger partial charge is 0.119 e. The van der Waals surface area contributed by atoms with E-state index in [1.165, 1.54) is 36.8 Å². The highest BCUT2D eigenvalue weighted by Crippen LogP contribution is 2.36. The van der Waals surface area contributed by atoms with Crippen molar-refractivity contribution in [2.45, 2.75) is 57.1 Å². The molecular formula is C24H31NO2. The molecule has 1 fully saturated rings. The van der Waals surface area contributed by atoms with Gasteiger partial charge in [-0.2, -0.15) is 0 Å². The van der Waals surface area contributed by atoms with Gasteiger partial charge in [0.15, 0.2) is 0 Å². The second-order valence-electron chi connectivity index (χ2n) is 8.30. The van der Waals surface area contributed by atoms with E-state index in [-0.39, 0.29) is 0 Å². The average molecular weight is 366 g/mol. The molecule has 0 radical (unpaired) electrons. The van der Waals surface area contributed by atoms with Crippen molar-refractivity contribution in [2.24, 2.45) is 11.7 Å². The fraction of sp³-hybridized carbons (Fsp3) is 0.500. The molecule has 1 saturated carbocycles. The number of aryl methyl sites for hydroxylation is 1. The second-order valence-corrected chi connectivity index (χ2v) is 8.30. The van der Waals surface area contributed by atoms with E-state index in [0.29, 0.717) is 24.5 Å². The van der Waals surface area contributed by atoms with Crippen LogP contribution in [0.2, 0.25) is 0 Å². The molecule has 0 bridgehead atoms. The van der Waals surface area contributed by atoms with Gasteiger partial charge in [-0.25, -0.2) is 0 Å². The Labute approximate surface area is 162 Å². The first-order valence-electron chi connectivity index (χ1n) is 10.3. The van der Waals surface area contributed by atoms with Gasteiger partial charge in [-0.1, -0.05) is 30.3 Å². The van der Waals surface area contributed by atoms with Crippen LogP contribution in [0.5, 0.6) is 5.75 Å². The highest BCUT2D eigenvalue weighted by molar-refractivity contribution is 5.36. The van der Waals surface area contributed by atoms with Gasteiger partial charge in [0.1, 0.15) is 5.75 Å². The lowest BCUT2D eigenvalue weighted by Gasteiger charge is -2.26. The maximum atomic E-state index is 6.11. The molecule has 2 aliphatic carbocycles. The summed E-state index contributed by atoms with van der Waals surface area (Å²) in [5.74, 6) is 2.21. The van der Waals surface area contributed by atoms with Crippen LogP contribution >= 0.6 is 0 Å². The Bertz CT molecular complexity index is 773. The predicted octanol–water partition coefficient (Wildman–Crippen LogP) is 4.61. The third kappa shape index (κ3) is 4.53. The molecule has 3 heteroatoms. The van der Waals surface area contributed by atoms with Crippen molar-refractivity contribution in [3.63, 3.8) is 0 Å². The summed E-state index contributed by atoms with van der Waals surface area (Å²) >= 11 is 0. The van der Waals surface area contributed by atoms with Crippen LogP contribution in [0.25, 0.3) is 0 Å². The Hall–Kier alpha value is -1.84. The summed E-state index contributed by atoms with van der Waals surface area (Å²) in [7, 11) is 1.72. The molecule has 2 aliphatic rings. The molecule has 3 atom stereocenters. The van der Waals surface area contributed by atoms with Crippen LogP contribution in [0.4, 0.5) is 0 Å². The van der Waals surface area contributed by atoms with E-state index < -0.39 is 0 Å². The minimum absolute atomic E-state index is 0.398. The molecule has 2 aromatic carbocycles. The lowest BCUT2D eigenvalue weighted by atomic mass is 9.82. The van der Waals surface area contributed by atoms with Crippen molar-refractivity contribution >= 4 is 0 Å². The molecule has 144 valence electrons. The van der Waals surface area contributed by atoms with Crippen LogP contribution in [0.15, 0.2) is 42.5 Å². The maximum absolute atomic E-state index is 6.11.